The number of aryl methyl sites for hydroxylation is 3. The third kappa shape index (κ3) is 4.41. The summed E-state index contributed by atoms with van der Waals surface area (Å²) in [5, 5.41) is 10.7. The van der Waals surface area contributed by atoms with Gasteiger partial charge >= 0.3 is 5.97 Å². The van der Waals surface area contributed by atoms with Crippen LogP contribution in [0.25, 0.3) is 5.57 Å². The number of esters is 1. The number of benzene rings is 2. The maximum absolute atomic E-state index is 13.4. The van der Waals surface area contributed by atoms with E-state index in [0.29, 0.717) is 5.56 Å². The molecule has 1 heterocycles. The molecule has 0 saturated carbocycles. The van der Waals surface area contributed by atoms with E-state index in [-0.39, 0.29) is 28.4 Å². The summed E-state index contributed by atoms with van der Waals surface area (Å²) in [6, 6.07) is 8.75. The first-order chi connectivity index (χ1) is 14.0. The van der Waals surface area contributed by atoms with Gasteiger partial charge < -0.3 is 14.6 Å². The number of ether oxygens (including phenoxy) is 1. The molecule has 3 rings (SSSR count). The second-order valence-corrected chi connectivity index (χ2v) is 10.0. The van der Waals surface area contributed by atoms with Gasteiger partial charge in [-0.1, -0.05) is 30.7 Å². The molecule has 0 saturated heterocycles. The van der Waals surface area contributed by atoms with E-state index >= 15 is 0 Å². The summed E-state index contributed by atoms with van der Waals surface area (Å²) in [5.74, 6) is -1.95. The molecule has 2 atom stereocenters. The number of sulfone groups is 1. The number of cyclic esters (lactones) is 1. The summed E-state index contributed by atoms with van der Waals surface area (Å²) in [6.07, 6.45) is -0.672. The average Bonchev–Trinajstić information content (AvgIpc) is 2.62. The molecule has 1 aliphatic heterocycles. The van der Waals surface area contributed by atoms with E-state index < -0.39 is 33.6 Å². The molecule has 0 fully saturated rings. The van der Waals surface area contributed by atoms with E-state index in [4.69, 9.17) is 4.74 Å². The summed E-state index contributed by atoms with van der Waals surface area (Å²) in [6.45, 7) is 7.41. The van der Waals surface area contributed by atoms with Crippen molar-refractivity contribution in [3.63, 3.8) is 0 Å². The molecule has 0 amide bonds. The fraction of sp³-hybridized carbons (Fsp3) is 0.348. The second-order valence-electron chi connectivity index (χ2n) is 7.98. The molecule has 2 aromatic rings. The molecule has 0 aliphatic carbocycles. The zero-order valence-corrected chi connectivity index (χ0v) is 18.3. The maximum atomic E-state index is 13.4. The van der Waals surface area contributed by atoms with E-state index in [1.165, 1.54) is 18.2 Å². The van der Waals surface area contributed by atoms with E-state index in [2.05, 4.69) is 0 Å². The third-order valence-electron chi connectivity index (χ3n) is 5.36. The smallest absolute Gasteiger partial charge is 0.511 e. The van der Waals surface area contributed by atoms with Crippen LogP contribution in [0.15, 0.2) is 47.1 Å². The quantitative estimate of drug-likeness (QED) is 0.559. The van der Waals surface area contributed by atoms with Gasteiger partial charge in [-0.05, 0) is 50.1 Å². The van der Waals surface area contributed by atoms with E-state index in [0.717, 1.165) is 22.8 Å². The molecule has 2 N–H and O–H groups in total. The Morgan fingerprint density at radius 3 is 2.40 bits per heavy atom. The summed E-state index contributed by atoms with van der Waals surface area (Å²) in [4.78, 5) is 10.5. The van der Waals surface area contributed by atoms with Gasteiger partial charge in [-0.15, -0.1) is 0 Å². The van der Waals surface area contributed by atoms with Crippen LogP contribution >= 0.6 is 0 Å². The Kier molecular flexibility index (Phi) is 6.04. The first-order valence-electron chi connectivity index (χ1n) is 9.71. The van der Waals surface area contributed by atoms with Crippen molar-refractivity contribution in [2.45, 2.75) is 45.1 Å². The molecule has 0 bridgehead atoms. The fourth-order valence-corrected chi connectivity index (χ4v) is 5.69. The average molecular weight is 434 g/mol. The predicted octanol–water partition coefficient (Wildman–Crippen LogP) is 4.42. The summed E-state index contributed by atoms with van der Waals surface area (Å²) in [5.41, 5.74) is 3.79. The first-order valence-corrected chi connectivity index (χ1v) is 11.4. The Labute approximate surface area is 176 Å². The van der Waals surface area contributed by atoms with Gasteiger partial charge in [0.1, 0.15) is 11.6 Å². The van der Waals surface area contributed by atoms with Crippen molar-refractivity contribution in [2.24, 2.45) is 5.92 Å². The molecule has 160 valence electrons. The molecule has 0 spiro atoms. The zero-order valence-electron chi connectivity index (χ0n) is 17.4. The van der Waals surface area contributed by atoms with Gasteiger partial charge in [0.2, 0.25) is 6.10 Å². The molecular formula is C23H26FO5S+. The lowest BCUT2D eigenvalue weighted by molar-refractivity contribution is 0.108. The van der Waals surface area contributed by atoms with Crippen LogP contribution in [0, 0.1) is 32.5 Å². The number of hydrogen-bond acceptors (Lipinski definition) is 4. The zero-order chi connectivity index (χ0) is 22.2. The molecular weight excluding hydrogens is 407 g/mol. The predicted molar refractivity (Wildman–Crippen MR) is 114 cm³/mol. The summed E-state index contributed by atoms with van der Waals surface area (Å²) >= 11 is 0. The number of halogens is 1. The van der Waals surface area contributed by atoms with Crippen molar-refractivity contribution in [2.75, 3.05) is 5.75 Å². The van der Waals surface area contributed by atoms with Gasteiger partial charge in [0.15, 0.2) is 15.4 Å². The van der Waals surface area contributed by atoms with Crippen molar-refractivity contribution in [3.8, 4) is 0 Å². The van der Waals surface area contributed by atoms with Crippen molar-refractivity contribution in [1.82, 2.24) is 0 Å². The minimum atomic E-state index is -3.76. The maximum Gasteiger partial charge on any atom is 0.522 e. The molecule has 2 aromatic carbocycles. The lowest BCUT2D eigenvalue weighted by Gasteiger charge is -2.24. The largest absolute Gasteiger partial charge is 0.522 e. The summed E-state index contributed by atoms with van der Waals surface area (Å²) in [7, 11) is -3.76. The Morgan fingerprint density at radius 2 is 1.83 bits per heavy atom. The fourth-order valence-electron chi connectivity index (χ4n) is 4.01. The van der Waals surface area contributed by atoms with Crippen LogP contribution in [-0.4, -0.2) is 36.1 Å². The van der Waals surface area contributed by atoms with Crippen LogP contribution in [0.2, 0.25) is 0 Å². The van der Waals surface area contributed by atoms with Crippen molar-refractivity contribution >= 4 is 21.4 Å². The Bertz CT molecular complexity index is 1110. The van der Waals surface area contributed by atoms with Gasteiger partial charge in [-0.25, -0.2) is 12.8 Å². The highest BCUT2D eigenvalue weighted by atomic mass is 32.2. The van der Waals surface area contributed by atoms with Crippen LogP contribution in [-0.2, 0) is 14.6 Å². The Balaban J connectivity index is 1.85. The third-order valence-corrected chi connectivity index (χ3v) is 7.30. The lowest BCUT2D eigenvalue weighted by Crippen LogP contribution is -2.35. The molecule has 7 heteroatoms. The molecule has 0 aromatic heterocycles. The normalized spacial score (nSPS) is 18.3. The summed E-state index contributed by atoms with van der Waals surface area (Å²) < 4.78 is 44.4. The van der Waals surface area contributed by atoms with Crippen LogP contribution in [0.4, 0.5) is 4.39 Å². The molecule has 30 heavy (non-hydrogen) atoms. The highest BCUT2D eigenvalue weighted by Gasteiger charge is 2.42. The minimum Gasteiger partial charge on any atom is -0.511 e. The number of rotatable bonds is 5. The van der Waals surface area contributed by atoms with Crippen LogP contribution in [0.5, 0.6) is 0 Å². The molecule has 1 aliphatic rings. The van der Waals surface area contributed by atoms with Crippen molar-refractivity contribution < 1.29 is 27.4 Å². The highest BCUT2D eigenvalue weighted by Crippen LogP contribution is 2.35. The van der Waals surface area contributed by atoms with Crippen molar-refractivity contribution in [3.05, 3.63) is 70.2 Å². The number of hydrogen-bond donors (Lipinski definition) is 1. The first kappa shape index (κ1) is 22.0. The SMILES string of the molecule is Cc1cc(C)c(C2=C(O)CC(C(C)CS(=O)(=O)c3cccc(F)c3)OC2=[OH+])c(C)c1. The topological polar surface area (TPSA) is 85.0 Å². The molecule has 2 unspecified atom stereocenters. The lowest BCUT2D eigenvalue weighted by atomic mass is 9.89. The number of carbonyl (C=O) groups excluding carboxylic acids is 1. The van der Waals surface area contributed by atoms with E-state index in [1.54, 1.807) is 6.92 Å². The van der Waals surface area contributed by atoms with Gasteiger partial charge in [0, 0.05) is 11.5 Å². The van der Waals surface area contributed by atoms with Crippen LogP contribution < -0.4 is 0 Å². The Morgan fingerprint density at radius 1 is 1.20 bits per heavy atom. The number of aliphatic hydroxyl groups is 1. The van der Waals surface area contributed by atoms with E-state index in [1.807, 2.05) is 32.9 Å². The Hall–Kier alpha value is -2.67. The van der Waals surface area contributed by atoms with Gasteiger partial charge in [0.25, 0.3) is 0 Å². The van der Waals surface area contributed by atoms with Gasteiger partial charge in [-0.3, -0.25) is 0 Å². The monoisotopic (exact) mass is 433 g/mol. The minimum absolute atomic E-state index is 0.0474. The molecule has 5 nitrogen and oxygen atoms in total. The van der Waals surface area contributed by atoms with Crippen LogP contribution in [0.3, 0.4) is 0 Å². The van der Waals surface area contributed by atoms with Gasteiger partial charge in [-0.2, -0.15) is 0 Å². The number of aliphatic hydroxyl groups excluding tert-OH is 1. The van der Waals surface area contributed by atoms with E-state index in [9.17, 15) is 22.7 Å². The van der Waals surface area contributed by atoms with Crippen molar-refractivity contribution in [1.29, 1.82) is 0 Å². The van der Waals surface area contributed by atoms with Gasteiger partial charge in [0.05, 0.1) is 17.1 Å². The van der Waals surface area contributed by atoms with Crippen LogP contribution in [0.1, 0.15) is 35.6 Å². The highest BCUT2D eigenvalue weighted by molar-refractivity contribution is 7.91. The molecule has 0 radical (unpaired) electrons. The standard InChI is InChI=1S/C23H25FO5S/c1-13-8-14(2)21(15(3)9-13)22-19(25)11-20(29-23(22)26)16(4)12-30(27,28)18-7-5-6-17(24)10-18/h5-10,16,20,25H,11-12H2,1-4H3/p+1. The second kappa shape index (κ2) is 8.22.